The average Bonchev–Trinajstić information content (AvgIpc) is 2.39. The van der Waals surface area contributed by atoms with E-state index >= 15 is 0 Å². The van der Waals surface area contributed by atoms with E-state index in [1.54, 1.807) is 17.0 Å². The molecule has 0 spiro atoms. The van der Waals surface area contributed by atoms with E-state index in [1.807, 2.05) is 26.0 Å². The highest BCUT2D eigenvalue weighted by Gasteiger charge is 2.22. The predicted octanol–water partition coefficient (Wildman–Crippen LogP) is 2.89. The maximum absolute atomic E-state index is 12.1. The van der Waals surface area contributed by atoms with E-state index in [1.165, 1.54) is 0 Å². The highest BCUT2D eigenvalue weighted by molar-refractivity contribution is 6.30. The minimum atomic E-state index is -0.619. The summed E-state index contributed by atoms with van der Waals surface area (Å²) < 4.78 is 0. The minimum absolute atomic E-state index is 0.0996. The molecular weight excluding hydrogens is 248 g/mol. The second kappa shape index (κ2) is 7.03. The number of nitrogens with zero attached hydrogens (tertiary/aromatic N) is 2. The van der Waals surface area contributed by atoms with Crippen LogP contribution in [0.15, 0.2) is 24.3 Å². The average molecular weight is 265 g/mol. The molecule has 3 nitrogen and oxygen atoms in total. The molecule has 0 aliphatic rings. The zero-order valence-electron chi connectivity index (χ0n) is 10.7. The van der Waals surface area contributed by atoms with Crippen LogP contribution < -0.4 is 0 Å². The van der Waals surface area contributed by atoms with Crippen LogP contribution in [-0.2, 0) is 11.2 Å². The number of carbonyl (C=O) groups is 1. The normalized spacial score (nSPS) is 11.7. The first kappa shape index (κ1) is 14.5. The second-order valence-electron chi connectivity index (χ2n) is 4.02. The minimum Gasteiger partial charge on any atom is -0.342 e. The molecular formula is C14H17ClN2O. The molecule has 0 aromatic heterocycles. The summed E-state index contributed by atoms with van der Waals surface area (Å²) in [5.41, 5.74) is 0.950. The molecule has 0 saturated carbocycles. The number of hydrogen-bond donors (Lipinski definition) is 0. The summed E-state index contributed by atoms with van der Waals surface area (Å²) in [7, 11) is 0. The molecule has 0 fully saturated rings. The maximum Gasteiger partial charge on any atom is 0.240 e. The number of benzene rings is 1. The number of rotatable bonds is 5. The van der Waals surface area contributed by atoms with E-state index in [2.05, 4.69) is 6.07 Å². The summed E-state index contributed by atoms with van der Waals surface area (Å²) in [6.07, 6.45) is 0.434. The largest absolute Gasteiger partial charge is 0.342 e. The van der Waals surface area contributed by atoms with Crippen LogP contribution in [0.2, 0.25) is 5.02 Å². The van der Waals surface area contributed by atoms with E-state index in [0.717, 1.165) is 5.56 Å². The quantitative estimate of drug-likeness (QED) is 0.821. The van der Waals surface area contributed by atoms with Crippen molar-refractivity contribution in [1.29, 1.82) is 5.26 Å². The Morgan fingerprint density at radius 3 is 2.33 bits per heavy atom. The van der Waals surface area contributed by atoms with Crippen molar-refractivity contribution in [3.63, 3.8) is 0 Å². The van der Waals surface area contributed by atoms with Gasteiger partial charge in [0, 0.05) is 18.1 Å². The molecule has 0 radical (unpaired) electrons. The maximum atomic E-state index is 12.1. The van der Waals surface area contributed by atoms with Gasteiger partial charge in [-0.3, -0.25) is 4.79 Å². The summed E-state index contributed by atoms with van der Waals surface area (Å²) in [5, 5.41) is 9.78. The molecule has 1 atom stereocenters. The zero-order valence-corrected chi connectivity index (χ0v) is 11.4. The first-order chi connectivity index (χ1) is 8.62. The molecule has 1 aromatic carbocycles. The Morgan fingerprint density at radius 2 is 1.89 bits per heavy atom. The SMILES string of the molecule is CCN(CC)C(=O)C(C#N)Cc1ccc(Cl)cc1. The molecule has 1 aromatic rings. The van der Waals surface area contributed by atoms with E-state index in [0.29, 0.717) is 24.5 Å². The molecule has 18 heavy (non-hydrogen) atoms. The highest BCUT2D eigenvalue weighted by Crippen LogP contribution is 2.14. The summed E-state index contributed by atoms with van der Waals surface area (Å²) in [5.74, 6) is -0.719. The number of halogens is 1. The molecule has 0 saturated heterocycles. The summed E-state index contributed by atoms with van der Waals surface area (Å²) in [6.45, 7) is 5.10. The van der Waals surface area contributed by atoms with Gasteiger partial charge >= 0.3 is 0 Å². The lowest BCUT2D eigenvalue weighted by Gasteiger charge is -2.21. The third-order valence-electron chi connectivity index (χ3n) is 2.88. The van der Waals surface area contributed by atoms with Crippen LogP contribution in [-0.4, -0.2) is 23.9 Å². The topological polar surface area (TPSA) is 44.1 Å². The number of amides is 1. The van der Waals surface area contributed by atoms with Gasteiger partial charge < -0.3 is 4.90 Å². The number of hydrogen-bond acceptors (Lipinski definition) is 2. The Bertz CT molecular complexity index is 432. The van der Waals surface area contributed by atoms with Crippen LogP contribution in [0.4, 0.5) is 0 Å². The van der Waals surface area contributed by atoms with Crippen molar-refractivity contribution in [1.82, 2.24) is 4.90 Å². The van der Waals surface area contributed by atoms with Crippen molar-refractivity contribution in [2.24, 2.45) is 5.92 Å². The van der Waals surface area contributed by atoms with Crippen molar-refractivity contribution >= 4 is 17.5 Å². The second-order valence-corrected chi connectivity index (χ2v) is 4.46. The fraction of sp³-hybridized carbons (Fsp3) is 0.429. The van der Waals surface area contributed by atoms with Gasteiger partial charge in [-0.25, -0.2) is 0 Å². The molecule has 0 bridgehead atoms. The van der Waals surface area contributed by atoms with Crippen LogP contribution in [0, 0.1) is 17.2 Å². The lowest BCUT2D eigenvalue weighted by molar-refractivity contribution is -0.133. The third kappa shape index (κ3) is 3.75. The molecule has 0 aliphatic carbocycles. The lowest BCUT2D eigenvalue weighted by Crippen LogP contribution is -2.36. The lowest BCUT2D eigenvalue weighted by atomic mass is 9.99. The Labute approximate surface area is 113 Å². The first-order valence-corrected chi connectivity index (χ1v) is 6.43. The van der Waals surface area contributed by atoms with Crippen LogP contribution in [0.5, 0.6) is 0 Å². The van der Waals surface area contributed by atoms with Gasteiger partial charge in [0.05, 0.1) is 6.07 Å². The zero-order chi connectivity index (χ0) is 13.5. The molecule has 1 amide bonds. The van der Waals surface area contributed by atoms with Crippen LogP contribution >= 0.6 is 11.6 Å². The van der Waals surface area contributed by atoms with Gasteiger partial charge in [0.2, 0.25) is 5.91 Å². The van der Waals surface area contributed by atoms with E-state index in [4.69, 9.17) is 16.9 Å². The third-order valence-corrected chi connectivity index (χ3v) is 3.13. The molecule has 96 valence electrons. The Kier molecular flexibility index (Phi) is 5.67. The standard InChI is InChI=1S/C14H17ClN2O/c1-3-17(4-2)14(18)12(10-16)9-11-5-7-13(15)8-6-11/h5-8,12H,3-4,9H2,1-2H3. The molecule has 4 heteroatoms. The molecule has 0 N–H and O–H groups in total. The number of nitriles is 1. The summed E-state index contributed by atoms with van der Waals surface area (Å²) >= 11 is 5.80. The fourth-order valence-corrected chi connectivity index (χ4v) is 1.93. The van der Waals surface area contributed by atoms with E-state index in [-0.39, 0.29) is 5.91 Å². The van der Waals surface area contributed by atoms with E-state index in [9.17, 15) is 4.79 Å². The fourth-order valence-electron chi connectivity index (χ4n) is 1.80. The van der Waals surface area contributed by atoms with Gasteiger partial charge in [-0.1, -0.05) is 23.7 Å². The van der Waals surface area contributed by atoms with Crippen LogP contribution in [0.3, 0.4) is 0 Å². The summed E-state index contributed by atoms with van der Waals surface area (Å²) in [4.78, 5) is 13.8. The van der Waals surface area contributed by atoms with Gasteiger partial charge in [0.15, 0.2) is 0 Å². The van der Waals surface area contributed by atoms with Crippen LogP contribution in [0.25, 0.3) is 0 Å². The van der Waals surface area contributed by atoms with Gasteiger partial charge in [0.1, 0.15) is 5.92 Å². The van der Waals surface area contributed by atoms with E-state index < -0.39 is 5.92 Å². The predicted molar refractivity (Wildman–Crippen MR) is 72.2 cm³/mol. The monoisotopic (exact) mass is 264 g/mol. The Balaban J connectivity index is 2.76. The van der Waals surface area contributed by atoms with Crippen molar-refractivity contribution in [3.8, 4) is 6.07 Å². The smallest absolute Gasteiger partial charge is 0.240 e. The summed E-state index contributed by atoms with van der Waals surface area (Å²) in [6, 6.07) is 9.33. The van der Waals surface area contributed by atoms with Gasteiger partial charge in [-0.05, 0) is 38.0 Å². The first-order valence-electron chi connectivity index (χ1n) is 6.05. The molecule has 1 rings (SSSR count). The van der Waals surface area contributed by atoms with Gasteiger partial charge in [0.25, 0.3) is 0 Å². The molecule has 0 heterocycles. The Morgan fingerprint density at radius 1 is 1.33 bits per heavy atom. The van der Waals surface area contributed by atoms with Crippen molar-refractivity contribution in [2.45, 2.75) is 20.3 Å². The van der Waals surface area contributed by atoms with Gasteiger partial charge in [-0.15, -0.1) is 0 Å². The van der Waals surface area contributed by atoms with Crippen LogP contribution in [0.1, 0.15) is 19.4 Å². The Hall–Kier alpha value is -1.53. The number of carbonyl (C=O) groups excluding carboxylic acids is 1. The molecule has 0 aliphatic heterocycles. The van der Waals surface area contributed by atoms with Crippen molar-refractivity contribution < 1.29 is 4.79 Å². The van der Waals surface area contributed by atoms with Gasteiger partial charge in [-0.2, -0.15) is 5.26 Å². The van der Waals surface area contributed by atoms with Crippen molar-refractivity contribution in [2.75, 3.05) is 13.1 Å². The van der Waals surface area contributed by atoms with Crippen molar-refractivity contribution in [3.05, 3.63) is 34.9 Å². The highest BCUT2D eigenvalue weighted by atomic mass is 35.5. The molecule has 1 unspecified atom stereocenters.